The zero-order valence-corrected chi connectivity index (χ0v) is 11.9. The monoisotopic (exact) mass is 305 g/mol. The first kappa shape index (κ1) is 13.9. The molecule has 2 aromatic rings. The highest BCUT2D eigenvalue weighted by atomic mass is 35.5. The van der Waals surface area contributed by atoms with Crippen LogP contribution in [0.3, 0.4) is 0 Å². The first-order valence-electron chi connectivity index (χ1n) is 6.59. The number of halogens is 2. The van der Waals surface area contributed by atoms with Gasteiger partial charge in [0.25, 0.3) is 0 Å². The average molecular weight is 306 g/mol. The molecule has 0 amide bonds. The third-order valence-electron chi connectivity index (χ3n) is 3.69. The minimum absolute atomic E-state index is 0.256. The number of aromatic carboxylic acids is 1. The number of carboxylic acids is 1. The molecule has 1 aliphatic heterocycles. The van der Waals surface area contributed by atoms with Gasteiger partial charge in [-0.15, -0.1) is 0 Å². The molecule has 0 atom stereocenters. The Bertz CT molecular complexity index is 717. The van der Waals surface area contributed by atoms with Gasteiger partial charge in [-0.25, -0.2) is 9.18 Å². The maximum atomic E-state index is 13.3. The van der Waals surface area contributed by atoms with Crippen molar-refractivity contribution in [1.82, 2.24) is 0 Å². The molecule has 0 unspecified atom stereocenters. The van der Waals surface area contributed by atoms with Gasteiger partial charge in [-0.05, 0) is 47.9 Å². The lowest BCUT2D eigenvalue weighted by atomic mass is 10.1. The fourth-order valence-corrected chi connectivity index (χ4v) is 2.79. The van der Waals surface area contributed by atoms with Crippen LogP contribution >= 0.6 is 11.6 Å². The second-order valence-electron chi connectivity index (χ2n) is 5.06. The fourth-order valence-electron chi connectivity index (χ4n) is 2.61. The van der Waals surface area contributed by atoms with Crippen molar-refractivity contribution < 1.29 is 14.3 Å². The van der Waals surface area contributed by atoms with Crippen molar-refractivity contribution in [2.45, 2.75) is 13.0 Å². The summed E-state index contributed by atoms with van der Waals surface area (Å²) in [7, 11) is 0. The highest BCUT2D eigenvalue weighted by Crippen LogP contribution is 2.31. The van der Waals surface area contributed by atoms with Crippen LogP contribution in [-0.2, 0) is 13.0 Å². The van der Waals surface area contributed by atoms with Crippen molar-refractivity contribution in [2.75, 3.05) is 11.4 Å². The third-order valence-corrected chi connectivity index (χ3v) is 4.06. The quantitative estimate of drug-likeness (QED) is 0.939. The fraction of sp³-hybridized carbons (Fsp3) is 0.188. The van der Waals surface area contributed by atoms with E-state index in [1.165, 1.54) is 18.2 Å². The maximum absolute atomic E-state index is 13.3. The van der Waals surface area contributed by atoms with Gasteiger partial charge in [0.05, 0.1) is 5.56 Å². The summed E-state index contributed by atoms with van der Waals surface area (Å²) in [6, 6.07) is 9.40. The number of benzene rings is 2. The molecule has 0 aliphatic carbocycles. The second kappa shape index (κ2) is 5.37. The van der Waals surface area contributed by atoms with E-state index in [2.05, 4.69) is 0 Å². The van der Waals surface area contributed by atoms with E-state index in [9.17, 15) is 9.18 Å². The summed E-state index contributed by atoms with van der Waals surface area (Å²) in [4.78, 5) is 13.1. The van der Waals surface area contributed by atoms with Gasteiger partial charge in [0.2, 0.25) is 0 Å². The molecule has 0 radical (unpaired) electrons. The van der Waals surface area contributed by atoms with Crippen LogP contribution in [0.2, 0.25) is 5.02 Å². The van der Waals surface area contributed by atoms with Crippen LogP contribution in [0.5, 0.6) is 0 Å². The van der Waals surface area contributed by atoms with Crippen LogP contribution in [0, 0.1) is 5.82 Å². The Hall–Kier alpha value is -2.07. The molecule has 1 N–H and O–H groups in total. The standard InChI is InChI=1S/C16H13ClFNO2/c17-14-4-3-13(18)7-12(14)9-19-6-5-10-1-2-11(16(20)21)8-15(10)19/h1-4,7-8H,5-6,9H2,(H,20,21). The molecular formula is C16H13ClFNO2. The second-order valence-corrected chi connectivity index (χ2v) is 5.46. The van der Waals surface area contributed by atoms with Crippen molar-refractivity contribution in [1.29, 1.82) is 0 Å². The summed E-state index contributed by atoms with van der Waals surface area (Å²) in [6.45, 7) is 1.23. The number of fused-ring (bicyclic) bond motifs is 1. The molecule has 3 rings (SSSR count). The Morgan fingerprint density at radius 1 is 1.29 bits per heavy atom. The normalized spacial score (nSPS) is 13.3. The smallest absolute Gasteiger partial charge is 0.335 e. The SMILES string of the molecule is O=C(O)c1ccc2c(c1)N(Cc1cc(F)ccc1Cl)CC2. The lowest BCUT2D eigenvalue weighted by Crippen LogP contribution is -2.20. The molecule has 0 saturated heterocycles. The lowest BCUT2D eigenvalue weighted by Gasteiger charge is -2.20. The number of hydrogen-bond acceptors (Lipinski definition) is 2. The maximum Gasteiger partial charge on any atom is 0.335 e. The number of rotatable bonds is 3. The Balaban J connectivity index is 1.92. The van der Waals surface area contributed by atoms with Crippen LogP contribution in [0.1, 0.15) is 21.5 Å². The summed E-state index contributed by atoms with van der Waals surface area (Å²) < 4.78 is 13.3. The molecule has 5 heteroatoms. The third kappa shape index (κ3) is 2.72. The van der Waals surface area contributed by atoms with Gasteiger partial charge in [0, 0.05) is 23.8 Å². The van der Waals surface area contributed by atoms with Crippen LogP contribution in [0.25, 0.3) is 0 Å². The van der Waals surface area contributed by atoms with Crippen molar-refractivity contribution in [3.05, 3.63) is 63.9 Å². The minimum atomic E-state index is -0.951. The summed E-state index contributed by atoms with van der Waals surface area (Å²) in [5, 5.41) is 9.60. The Labute approximate surface area is 126 Å². The molecule has 1 aliphatic rings. The average Bonchev–Trinajstić information content (AvgIpc) is 2.85. The van der Waals surface area contributed by atoms with Gasteiger partial charge in [0.1, 0.15) is 5.82 Å². The molecule has 3 nitrogen and oxygen atoms in total. The van der Waals surface area contributed by atoms with E-state index in [1.54, 1.807) is 12.1 Å². The number of anilines is 1. The summed E-state index contributed by atoms with van der Waals surface area (Å²) in [5.41, 5.74) is 2.94. The predicted octanol–water partition coefficient (Wildman–Crippen LogP) is 3.74. The van der Waals surface area contributed by atoms with Gasteiger partial charge >= 0.3 is 5.97 Å². The largest absolute Gasteiger partial charge is 0.478 e. The first-order valence-corrected chi connectivity index (χ1v) is 6.97. The van der Waals surface area contributed by atoms with E-state index in [0.29, 0.717) is 17.1 Å². The lowest BCUT2D eigenvalue weighted by molar-refractivity contribution is 0.0697. The zero-order chi connectivity index (χ0) is 15.0. The van der Waals surface area contributed by atoms with Crippen LogP contribution in [0.4, 0.5) is 10.1 Å². The minimum Gasteiger partial charge on any atom is -0.478 e. The molecule has 0 aromatic heterocycles. The number of hydrogen-bond donors (Lipinski definition) is 1. The highest BCUT2D eigenvalue weighted by molar-refractivity contribution is 6.31. The summed E-state index contributed by atoms with van der Waals surface area (Å²) >= 11 is 6.10. The molecule has 0 spiro atoms. The molecule has 1 heterocycles. The van der Waals surface area contributed by atoms with E-state index in [1.807, 2.05) is 11.0 Å². The van der Waals surface area contributed by atoms with E-state index < -0.39 is 5.97 Å². The number of nitrogens with zero attached hydrogens (tertiary/aromatic N) is 1. The van der Waals surface area contributed by atoms with Crippen molar-refractivity contribution in [3.63, 3.8) is 0 Å². The molecular weight excluding hydrogens is 293 g/mol. The van der Waals surface area contributed by atoms with Gasteiger partial charge in [-0.3, -0.25) is 0 Å². The molecule has 21 heavy (non-hydrogen) atoms. The van der Waals surface area contributed by atoms with E-state index in [-0.39, 0.29) is 11.4 Å². The van der Waals surface area contributed by atoms with Gasteiger partial charge in [0.15, 0.2) is 0 Å². The predicted molar refractivity (Wildman–Crippen MR) is 79.6 cm³/mol. The van der Waals surface area contributed by atoms with Gasteiger partial charge in [-0.2, -0.15) is 0 Å². The van der Waals surface area contributed by atoms with Crippen molar-refractivity contribution >= 4 is 23.3 Å². The molecule has 0 saturated carbocycles. The molecule has 0 fully saturated rings. The topological polar surface area (TPSA) is 40.5 Å². The van der Waals surface area contributed by atoms with E-state index in [0.717, 1.165) is 24.2 Å². The van der Waals surface area contributed by atoms with Gasteiger partial charge in [-0.1, -0.05) is 17.7 Å². The molecule has 2 aromatic carbocycles. The first-order chi connectivity index (χ1) is 10.0. The Kier molecular flexibility index (Phi) is 3.55. The Morgan fingerprint density at radius 3 is 2.86 bits per heavy atom. The van der Waals surface area contributed by atoms with Gasteiger partial charge < -0.3 is 10.0 Å². The van der Waals surface area contributed by atoms with Crippen LogP contribution < -0.4 is 4.90 Å². The van der Waals surface area contributed by atoms with E-state index >= 15 is 0 Å². The summed E-state index contributed by atoms with van der Waals surface area (Å²) in [5.74, 6) is -1.28. The number of carbonyl (C=O) groups is 1. The van der Waals surface area contributed by atoms with Crippen LogP contribution in [0.15, 0.2) is 36.4 Å². The highest BCUT2D eigenvalue weighted by Gasteiger charge is 2.21. The van der Waals surface area contributed by atoms with Crippen molar-refractivity contribution in [2.24, 2.45) is 0 Å². The zero-order valence-electron chi connectivity index (χ0n) is 11.1. The Morgan fingerprint density at radius 2 is 2.10 bits per heavy atom. The van der Waals surface area contributed by atoms with E-state index in [4.69, 9.17) is 16.7 Å². The summed E-state index contributed by atoms with van der Waals surface area (Å²) in [6.07, 6.45) is 0.849. The number of carboxylic acid groups (broad SMARTS) is 1. The molecule has 108 valence electrons. The molecule has 0 bridgehead atoms. The van der Waals surface area contributed by atoms with Crippen molar-refractivity contribution in [3.8, 4) is 0 Å². The van der Waals surface area contributed by atoms with Crippen LogP contribution in [-0.4, -0.2) is 17.6 Å².